The summed E-state index contributed by atoms with van der Waals surface area (Å²) in [6.07, 6.45) is 7.06. The summed E-state index contributed by atoms with van der Waals surface area (Å²) in [6, 6.07) is 0. The van der Waals surface area contributed by atoms with E-state index in [1.54, 1.807) is 4.90 Å². The molecule has 82 valence electrons. The third kappa shape index (κ3) is 1.95. The van der Waals surface area contributed by atoms with Gasteiger partial charge in [-0.05, 0) is 12.8 Å². The minimum atomic E-state index is 0.516. The molecule has 14 heavy (non-hydrogen) atoms. The highest BCUT2D eigenvalue weighted by Crippen LogP contribution is 2.24. The molecule has 0 aromatic heterocycles. The van der Waals surface area contributed by atoms with E-state index in [4.69, 9.17) is 4.74 Å². The molecule has 0 bridgehead atoms. The molecule has 0 spiro atoms. The van der Waals surface area contributed by atoms with Crippen molar-refractivity contribution in [2.75, 3.05) is 32.8 Å². The van der Waals surface area contributed by atoms with E-state index in [1.807, 2.05) is 0 Å². The summed E-state index contributed by atoms with van der Waals surface area (Å²) in [4.78, 5) is 1.78. The fourth-order valence-corrected chi connectivity index (χ4v) is 3.16. The lowest BCUT2D eigenvalue weighted by atomic mass is 9.80. The first kappa shape index (κ1) is 10.4. The molecule has 4 N–H and O–H groups in total. The molecule has 2 aliphatic rings. The highest BCUT2D eigenvalue weighted by atomic mass is 16.5. The minimum absolute atomic E-state index is 0.516. The molecule has 3 heteroatoms. The molecule has 0 unspecified atom stereocenters. The average Bonchev–Trinajstić information content (AvgIpc) is 2.31. The van der Waals surface area contributed by atoms with Crippen LogP contribution in [-0.4, -0.2) is 38.4 Å². The second-order valence-electron chi connectivity index (χ2n) is 4.81. The molecule has 0 aromatic carbocycles. The Morgan fingerprint density at radius 2 is 1.71 bits per heavy atom. The molecule has 0 amide bonds. The lowest BCUT2D eigenvalue weighted by Crippen LogP contribution is -3.23. The standard InChI is InChI=1S/C11H22N2O/c12-10-11(4-2-1-3-5-11)13-6-8-14-9-7-13/h1-10,12H2/p+2. The van der Waals surface area contributed by atoms with Crippen LogP contribution in [0, 0.1) is 0 Å². The molecule has 1 saturated carbocycles. The Hall–Kier alpha value is -0.120. The van der Waals surface area contributed by atoms with Gasteiger partial charge in [-0.2, -0.15) is 0 Å². The summed E-state index contributed by atoms with van der Waals surface area (Å²) in [5.41, 5.74) is 4.71. The van der Waals surface area contributed by atoms with Crippen molar-refractivity contribution in [2.45, 2.75) is 37.6 Å². The van der Waals surface area contributed by atoms with Crippen LogP contribution in [0.3, 0.4) is 0 Å². The topological polar surface area (TPSA) is 41.3 Å². The SMILES string of the molecule is [NH3+]CC1([NH+]2CCOCC2)CCCCC1. The Balaban J connectivity index is 2.01. The Morgan fingerprint density at radius 1 is 1.07 bits per heavy atom. The van der Waals surface area contributed by atoms with Crippen LogP contribution in [0.15, 0.2) is 0 Å². The second kappa shape index (κ2) is 4.60. The first-order valence-corrected chi connectivity index (χ1v) is 6.10. The smallest absolute Gasteiger partial charge is 0.147 e. The van der Waals surface area contributed by atoms with Crippen LogP contribution in [0.1, 0.15) is 32.1 Å². The molecule has 0 radical (unpaired) electrons. The molecule has 0 atom stereocenters. The van der Waals surface area contributed by atoms with Crippen LogP contribution < -0.4 is 10.6 Å². The molecule has 1 aliphatic heterocycles. The molecule has 1 heterocycles. The average molecular weight is 200 g/mol. The molecule has 3 nitrogen and oxygen atoms in total. The van der Waals surface area contributed by atoms with Gasteiger partial charge in [-0.3, -0.25) is 0 Å². The minimum Gasteiger partial charge on any atom is -0.370 e. The second-order valence-corrected chi connectivity index (χ2v) is 4.81. The Morgan fingerprint density at radius 3 is 2.29 bits per heavy atom. The van der Waals surface area contributed by atoms with Gasteiger partial charge < -0.3 is 15.4 Å². The number of hydrogen-bond donors (Lipinski definition) is 2. The predicted octanol–water partition coefficient (Wildman–Crippen LogP) is -1.15. The molecule has 1 aliphatic carbocycles. The van der Waals surface area contributed by atoms with E-state index >= 15 is 0 Å². The maximum absolute atomic E-state index is 5.44. The van der Waals surface area contributed by atoms with E-state index in [0.717, 1.165) is 19.8 Å². The molecule has 2 rings (SSSR count). The van der Waals surface area contributed by atoms with Crippen molar-refractivity contribution in [1.82, 2.24) is 0 Å². The monoisotopic (exact) mass is 200 g/mol. The zero-order chi connectivity index (χ0) is 9.86. The van der Waals surface area contributed by atoms with Crippen molar-refractivity contribution in [3.63, 3.8) is 0 Å². The highest BCUT2D eigenvalue weighted by Gasteiger charge is 2.42. The predicted molar refractivity (Wildman–Crippen MR) is 55.1 cm³/mol. The number of morpholine rings is 1. The van der Waals surface area contributed by atoms with Gasteiger partial charge in [0.1, 0.15) is 25.2 Å². The van der Waals surface area contributed by atoms with Crippen molar-refractivity contribution in [3.8, 4) is 0 Å². The van der Waals surface area contributed by atoms with Crippen molar-refractivity contribution in [2.24, 2.45) is 0 Å². The van der Waals surface area contributed by atoms with Crippen molar-refractivity contribution in [1.29, 1.82) is 0 Å². The quantitative estimate of drug-likeness (QED) is 0.580. The number of hydrogen-bond acceptors (Lipinski definition) is 1. The van der Waals surface area contributed by atoms with Gasteiger partial charge in [-0.15, -0.1) is 0 Å². The zero-order valence-corrected chi connectivity index (χ0v) is 9.19. The summed E-state index contributed by atoms with van der Waals surface area (Å²) in [5, 5.41) is 0. The maximum Gasteiger partial charge on any atom is 0.147 e. The van der Waals surface area contributed by atoms with E-state index < -0.39 is 0 Å². The number of quaternary nitrogens is 2. The summed E-state index contributed by atoms with van der Waals surface area (Å²) in [6.45, 7) is 5.43. The summed E-state index contributed by atoms with van der Waals surface area (Å²) in [5.74, 6) is 0. The van der Waals surface area contributed by atoms with Gasteiger partial charge in [0.2, 0.25) is 0 Å². The van der Waals surface area contributed by atoms with E-state index in [0.29, 0.717) is 5.54 Å². The fraction of sp³-hybridized carbons (Fsp3) is 1.00. The van der Waals surface area contributed by atoms with Crippen molar-refractivity contribution >= 4 is 0 Å². The Bertz CT molecular complexity index is 172. The van der Waals surface area contributed by atoms with Crippen LogP contribution in [0.4, 0.5) is 0 Å². The molecule has 2 fully saturated rings. The third-order valence-corrected chi connectivity index (χ3v) is 4.14. The number of ether oxygens (including phenoxy) is 1. The van der Waals surface area contributed by atoms with Crippen LogP contribution in [0.2, 0.25) is 0 Å². The van der Waals surface area contributed by atoms with E-state index in [1.165, 1.54) is 45.2 Å². The van der Waals surface area contributed by atoms with Gasteiger partial charge in [0.15, 0.2) is 0 Å². The van der Waals surface area contributed by atoms with Crippen molar-refractivity contribution < 1.29 is 15.4 Å². The first-order valence-electron chi connectivity index (χ1n) is 6.10. The van der Waals surface area contributed by atoms with E-state index in [-0.39, 0.29) is 0 Å². The summed E-state index contributed by atoms with van der Waals surface area (Å²) in [7, 11) is 0. The van der Waals surface area contributed by atoms with Gasteiger partial charge in [0, 0.05) is 12.8 Å². The van der Waals surface area contributed by atoms with Gasteiger partial charge in [-0.25, -0.2) is 0 Å². The lowest BCUT2D eigenvalue weighted by molar-refractivity contribution is -0.967. The first-order chi connectivity index (χ1) is 6.87. The number of rotatable bonds is 2. The zero-order valence-electron chi connectivity index (χ0n) is 9.19. The van der Waals surface area contributed by atoms with Crippen LogP contribution >= 0.6 is 0 Å². The lowest BCUT2D eigenvalue weighted by Gasteiger charge is -2.42. The van der Waals surface area contributed by atoms with Crippen molar-refractivity contribution in [3.05, 3.63) is 0 Å². The van der Waals surface area contributed by atoms with Gasteiger partial charge in [-0.1, -0.05) is 6.42 Å². The third-order valence-electron chi connectivity index (χ3n) is 4.14. The summed E-state index contributed by atoms with van der Waals surface area (Å²) < 4.78 is 5.44. The van der Waals surface area contributed by atoms with Gasteiger partial charge in [0.25, 0.3) is 0 Å². The number of nitrogens with one attached hydrogen (secondary N) is 1. The summed E-state index contributed by atoms with van der Waals surface area (Å²) >= 11 is 0. The molecule has 0 aromatic rings. The molecule has 1 saturated heterocycles. The fourth-order valence-electron chi connectivity index (χ4n) is 3.16. The highest BCUT2D eigenvalue weighted by molar-refractivity contribution is 4.82. The molecular formula is C11H24N2O+2. The van der Waals surface area contributed by atoms with Crippen LogP contribution in [-0.2, 0) is 4.74 Å². The van der Waals surface area contributed by atoms with E-state index in [2.05, 4.69) is 5.73 Å². The van der Waals surface area contributed by atoms with E-state index in [9.17, 15) is 0 Å². The Labute approximate surface area is 86.6 Å². The largest absolute Gasteiger partial charge is 0.370 e. The van der Waals surface area contributed by atoms with Gasteiger partial charge >= 0.3 is 0 Å². The molecular weight excluding hydrogens is 176 g/mol. The van der Waals surface area contributed by atoms with Crippen LogP contribution in [0.25, 0.3) is 0 Å². The van der Waals surface area contributed by atoms with Crippen LogP contribution in [0.5, 0.6) is 0 Å². The Kier molecular flexibility index (Phi) is 3.42. The maximum atomic E-state index is 5.44. The van der Waals surface area contributed by atoms with Gasteiger partial charge in [0.05, 0.1) is 13.2 Å². The normalized spacial score (nSPS) is 28.9.